The standard InChI is InChI=1S/C18H17N3O2/c1-21(2)16-10-6-5-9-15(16)20-18(23)13-11-17(22)19-14-8-4-3-7-12(13)14/h3-11H,1-2H3,(H,19,22)(H,20,23). The molecule has 1 heterocycles. The highest BCUT2D eigenvalue weighted by atomic mass is 16.2. The lowest BCUT2D eigenvalue weighted by Gasteiger charge is -2.18. The van der Waals surface area contributed by atoms with Crippen LogP contribution in [0.5, 0.6) is 0 Å². The van der Waals surface area contributed by atoms with Crippen LogP contribution in [0.1, 0.15) is 10.4 Å². The summed E-state index contributed by atoms with van der Waals surface area (Å²) in [5.74, 6) is -0.304. The first kappa shape index (κ1) is 14.8. The van der Waals surface area contributed by atoms with Gasteiger partial charge in [0.25, 0.3) is 5.91 Å². The summed E-state index contributed by atoms with van der Waals surface area (Å²) in [6.45, 7) is 0. The average molecular weight is 307 g/mol. The van der Waals surface area contributed by atoms with Gasteiger partial charge in [-0.3, -0.25) is 9.59 Å². The van der Waals surface area contributed by atoms with Gasteiger partial charge in [-0.05, 0) is 18.2 Å². The Morgan fingerprint density at radius 2 is 1.74 bits per heavy atom. The molecule has 3 aromatic rings. The first-order chi connectivity index (χ1) is 11.1. The van der Waals surface area contributed by atoms with E-state index in [0.29, 0.717) is 22.2 Å². The molecular formula is C18H17N3O2. The molecule has 5 heteroatoms. The molecule has 0 radical (unpaired) electrons. The summed E-state index contributed by atoms with van der Waals surface area (Å²) in [5.41, 5.74) is 2.31. The molecule has 0 unspecified atom stereocenters. The number of H-pyrrole nitrogens is 1. The Balaban J connectivity index is 2.04. The lowest BCUT2D eigenvalue weighted by atomic mass is 10.1. The van der Waals surface area contributed by atoms with E-state index in [1.807, 2.05) is 61.5 Å². The van der Waals surface area contributed by atoms with Gasteiger partial charge in [-0.2, -0.15) is 0 Å². The molecule has 0 fully saturated rings. The molecule has 0 saturated carbocycles. The smallest absolute Gasteiger partial charge is 0.256 e. The van der Waals surface area contributed by atoms with Crippen molar-refractivity contribution in [2.24, 2.45) is 0 Å². The Bertz CT molecular complexity index is 929. The number of aromatic nitrogens is 1. The van der Waals surface area contributed by atoms with Gasteiger partial charge in [0.15, 0.2) is 0 Å². The average Bonchev–Trinajstić information content (AvgIpc) is 2.54. The van der Waals surface area contributed by atoms with Crippen LogP contribution < -0.4 is 15.8 Å². The third kappa shape index (κ3) is 2.94. The number of anilines is 2. The van der Waals surface area contributed by atoms with Gasteiger partial charge >= 0.3 is 0 Å². The fraction of sp³-hybridized carbons (Fsp3) is 0.111. The maximum atomic E-state index is 12.7. The quantitative estimate of drug-likeness (QED) is 0.782. The molecule has 2 N–H and O–H groups in total. The van der Waals surface area contributed by atoms with E-state index >= 15 is 0 Å². The van der Waals surface area contributed by atoms with Gasteiger partial charge in [0.05, 0.1) is 16.9 Å². The van der Waals surface area contributed by atoms with Gasteiger partial charge in [0, 0.05) is 31.1 Å². The normalized spacial score (nSPS) is 10.5. The number of nitrogens with zero attached hydrogens (tertiary/aromatic N) is 1. The third-order valence-corrected chi connectivity index (χ3v) is 3.63. The van der Waals surface area contributed by atoms with Crippen LogP contribution in [-0.2, 0) is 0 Å². The highest BCUT2D eigenvalue weighted by molar-refractivity contribution is 6.13. The van der Waals surface area contributed by atoms with E-state index in [-0.39, 0.29) is 11.5 Å². The Morgan fingerprint density at radius 1 is 1.04 bits per heavy atom. The zero-order valence-electron chi connectivity index (χ0n) is 13.0. The molecule has 116 valence electrons. The summed E-state index contributed by atoms with van der Waals surface area (Å²) in [5, 5.41) is 3.61. The van der Waals surface area contributed by atoms with E-state index in [2.05, 4.69) is 10.3 Å². The summed E-state index contributed by atoms with van der Waals surface area (Å²) in [4.78, 5) is 29.1. The summed E-state index contributed by atoms with van der Waals surface area (Å²) in [6, 6.07) is 16.1. The number of hydrogen-bond donors (Lipinski definition) is 2. The summed E-state index contributed by atoms with van der Waals surface area (Å²) in [6.07, 6.45) is 0. The van der Waals surface area contributed by atoms with Crippen molar-refractivity contribution in [3.63, 3.8) is 0 Å². The molecule has 1 amide bonds. The lowest BCUT2D eigenvalue weighted by molar-refractivity contribution is 0.102. The Hall–Kier alpha value is -3.08. The molecule has 0 aliphatic carbocycles. The van der Waals surface area contributed by atoms with E-state index in [1.54, 1.807) is 6.07 Å². The van der Waals surface area contributed by atoms with E-state index in [0.717, 1.165) is 5.69 Å². The maximum Gasteiger partial charge on any atom is 0.256 e. The topological polar surface area (TPSA) is 65.2 Å². The second-order valence-corrected chi connectivity index (χ2v) is 5.46. The van der Waals surface area contributed by atoms with E-state index in [9.17, 15) is 9.59 Å². The number of para-hydroxylation sites is 3. The molecule has 0 aliphatic heterocycles. The lowest BCUT2D eigenvalue weighted by Crippen LogP contribution is -2.19. The van der Waals surface area contributed by atoms with Gasteiger partial charge in [-0.1, -0.05) is 30.3 Å². The highest BCUT2D eigenvalue weighted by Gasteiger charge is 2.14. The summed E-state index contributed by atoms with van der Waals surface area (Å²) < 4.78 is 0. The minimum absolute atomic E-state index is 0.297. The van der Waals surface area contributed by atoms with Crippen LogP contribution in [-0.4, -0.2) is 25.0 Å². The van der Waals surface area contributed by atoms with Crippen molar-refractivity contribution in [3.8, 4) is 0 Å². The van der Waals surface area contributed by atoms with Gasteiger partial charge in [-0.25, -0.2) is 0 Å². The van der Waals surface area contributed by atoms with Gasteiger partial charge < -0.3 is 15.2 Å². The molecule has 2 aromatic carbocycles. The number of nitrogens with one attached hydrogen (secondary N) is 2. The van der Waals surface area contributed by atoms with Crippen molar-refractivity contribution < 1.29 is 4.79 Å². The number of fused-ring (bicyclic) bond motifs is 1. The minimum Gasteiger partial charge on any atom is -0.376 e. The fourth-order valence-corrected chi connectivity index (χ4v) is 2.55. The highest BCUT2D eigenvalue weighted by Crippen LogP contribution is 2.25. The van der Waals surface area contributed by atoms with Crippen molar-refractivity contribution in [2.45, 2.75) is 0 Å². The zero-order chi connectivity index (χ0) is 16.4. The van der Waals surface area contributed by atoms with Crippen molar-refractivity contribution in [2.75, 3.05) is 24.3 Å². The number of benzene rings is 2. The van der Waals surface area contributed by atoms with E-state index in [1.165, 1.54) is 6.07 Å². The minimum atomic E-state index is -0.304. The molecule has 0 spiro atoms. The molecule has 0 aliphatic rings. The molecule has 0 atom stereocenters. The molecule has 3 rings (SSSR count). The first-order valence-electron chi connectivity index (χ1n) is 7.26. The van der Waals surface area contributed by atoms with Crippen molar-refractivity contribution >= 4 is 28.2 Å². The second kappa shape index (κ2) is 5.96. The third-order valence-electron chi connectivity index (χ3n) is 3.63. The Morgan fingerprint density at radius 3 is 2.52 bits per heavy atom. The van der Waals surface area contributed by atoms with Crippen LogP contribution in [0.15, 0.2) is 59.4 Å². The van der Waals surface area contributed by atoms with Crippen molar-refractivity contribution in [3.05, 3.63) is 70.5 Å². The van der Waals surface area contributed by atoms with Crippen molar-refractivity contribution in [1.82, 2.24) is 4.98 Å². The first-order valence-corrected chi connectivity index (χ1v) is 7.26. The van der Waals surface area contributed by atoms with Crippen molar-refractivity contribution in [1.29, 1.82) is 0 Å². The van der Waals surface area contributed by atoms with Crippen LogP contribution in [0.25, 0.3) is 10.9 Å². The van der Waals surface area contributed by atoms with Gasteiger partial charge in [0.2, 0.25) is 5.56 Å². The molecular weight excluding hydrogens is 290 g/mol. The summed E-state index contributed by atoms with van der Waals surface area (Å²) >= 11 is 0. The second-order valence-electron chi connectivity index (χ2n) is 5.46. The zero-order valence-corrected chi connectivity index (χ0v) is 13.0. The maximum absolute atomic E-state index is 12.7. The monoisotopic (exact) mass is 307 g/mol. The number of rotatable bonds is 3. The van der Waals surface area contributed by atoms with Crippen LogP contribution in [0, 0.1) is 0 Å². The van der Waals surface area contributed by atoms with E-state index < -0.39 is 0 Å². The van der Waals surface area contributed by atoms with Crippen LogP contribution in [0.4, 0.5) is 11.4 Å². The Labute approximate surface area is 133 Å². The van der Waals surface area contributed by atoms with Crippen LogP contribution >= 0.6 is 0 Å². The van der Waals surface area contributed by atoms with Crippen LogP contribution in [0.3, 0.4) is 0 Å². The summed E-state index contributed by atoms with van der Waals surface area (Å²) in [7, 11) is 3.82. The molecule has 5 nitrogen and oxygen atoms in total. The molecule has 0 bridgehead atoms. The van der Waals surface area contributed by atoms with Gasteiger partial charge in [0.1, 0.15) is 0 Å². The predicted molar refractivity (Wildman–Crippen MR) is 93.3 cm³/mol. The molecule has 0 saturated heterocycles. The number of hydrogen-bond acceptors (Lipinski definition) is 3. The van der Waals surface area contributed by atoms with Gasteiger partial charge in [-0.15, -0.1) is 0 Å². The van der Waals surface area contributed by atoms with Crippen LogP contribution in [0.2, 0.25) is 0 Å². The number of carbonyl (C=O) groups excluding carboxylic acids is 1. The predicted octanol–water partition coefficient (Wildman–Crippen LogP) is 2.85. The van der Waals surface area contributed by atoms with E-state index in [4.69, 9.17) is 0 Å². The molecule has 1 aromatic heterocycles. The largest absolute Gasteiger partial charge is 0.376 e. The molecule has 23 heavy (non-hydrogen) atoms. The Kier molecular flexibility index (Phi) is 3.85. The number of carbonyl (C=O) groups is 1. The fourth-order valence-electron chi connectivity index (χ4n) is 2.55. The number of pyridine rings is 1. The number of amides is 1. The number of aromatic amines is 1. The SMILES string of the molecule is CN(C)c1ccccc1NC(=O)c1cc(=O)[nH]c2ccccc12.